The fourth-order valence-electron chi connectivity index (χ4n) is 4.27. The molecule has 1 unspecified atom stereocenters. The summed E-state index contributed by atoms with van der Waals surface area (Å²) in [5, 5.41) is 3.32. The number of halogens is 1. The Labute approximate surface area is 166 Å². The van der Waals surface area contributed by atoms with Crippen molar-refractivity contribution in [2.75, 3.05) is 23.3 Å². The topological polar surface area (TPSA) is 58.4 Å². The number of benzene rings is 2. The molecule has 0 aromatic heterocycles. The number of anilines is 2. The summed E-state index contributed by atoms with van der Waals surface area (Å²) in [5.74, 6) is -0.854. The van der Waals surface area contributed by atoms with Crippen LogP contribution in [0.15, 0.2) is 30.3 Å². The summed E-state index contributed by atoms with van der Waals surface area (Å²) in [5.41, 5.74) is 11.7. The maximum Gasteiger partial charge on any atom is 0.225 e. The van der Waals surface area contributed by atoms with Crippen molar-refractivity contribution in [2.45, 2.75) is 47.1 Å². The average Bonchev–Trinajstić information content (AvgIpc) is 2.78. The lowest BCUT2D eigenvalue weighted by Crippen LogP contribution is -2.33. The molecule has 0 aliphatic carbocycles. The van der Waals surface area contributed by atoms with Crippen LogP contribution < -0.4 is 16.0 Å². The minimum Gasteiger partial charge on any atom is -0.383 e. The van der Waals surface area contributed by atoms with Crippen molar-refractivity contribution in [3.05, 3.63) is 58.4 Å². The normalized spacial score (nSPS) is 15.4. The highest BCUT2D eigenvalue weighted by Gasteiger charge is 2.33. The van der Waals surface area contributed by atoms with Crippen molar-refractivity contribution < 1.29 is 9.18 Å². The van der Waals surface area contributed by atoms with Crippen LogP contribution in [0.25, 0.3) is 0 Å². The first-order valence-electron chi connectivity index (χ1n) is 9.75. The van der Waals surface area contributed by atoms with Crippen LogP contribution in [0.5, 0.6) is 0 Å². The van der Waals surface area contributed by atoms with Gasteiger partial charge in [0.25, 0.3) is 0 Å². The number of fused-ring (bicyclic) bond motifs is 1. The van der Waals surface area contributed by atoms with Crippen LogP contribution in [-0.2, 0) is 11.3 Å². The first kappa shape index (κ1) is 20.2. The third kappa shape index (κ3) is 3.98. The van der Waals surface area contributed by atoms with E-state index in [1.165, 1.54) is 6.07 Å². The van der Waals surface area contributed by atoms with E-state index < -0.39 is 0 Å². The molecule has 1 atom stereocenters. The molecule has 0 bridgehead atoms. The number of nitrogens with one attached hydrogen (secondary N) is 1. The summed E-state index contributed by atoms with van der Waals surface area (Å²) >= 11 is 0. The van der Waals surface area contributed by atoms with E-state index in [1.807, 2.05) is 40.7 Å². The third-order valence-corrected chi connectivity index (χ3v) is 5.51. The van der Waals surface area contributed by atoms with Gasteiger partial charge in [0.2, 0.25) is 5.91 Å². The van der Waals surface area contributed by atoms with Crippen LogP contribution in [-0.4, -0.2) is 19.0 Å². The van der Waals surface area contributed by atoms with Crippen molar-refractivity contribution in [2.24, 2.45) is 11.1 Å². The van der Waals surface area contributed by atoms with E-state index in [0.29, 0.717) is 6.54 Å². The van der Waals surface area contributed by atoms with Gasteiger partial charge in [-0.3, -0.25) is 4.79 Å². The Morgan fingerprint density at radius 2 is 1.82 bits per heavy atom. The fourth-order valence-corrected chi connectivity index (χ4v) is 4.27. The van der Waals surface area contributed by atoms with Gasteiger partial charge in [0.15, 0.2) is 0 Å². The molecule has 2 aromatic carbocycles. The SMILES string of the molecule is Cc1cc(N2CCNc3cc(F)ccc3C2)cc(C)c1C(C(N)=O)C(C)(C)C. The maximum atomic E-state index is 13.5. The van der Waals surface area contributed by atoms with Gasteiger partial charge < -0.3 is 16.0 Å². The van der Waals surface area contributed by atoms with Crippen LogP contribution in [0.3, 0.4) is 0 Å². The number of nitrogens with two attached hydrogens (primary N) is 1. The molecule has 0 saturated carbocycles. The molecule has 0 saturated heterocycles. The van der Waals surface area contributed by atoms with Crippen molar-refractivity contribution >= 4 is 17.3 Å². The van der Waals surface area contributed by atoms with E-state index in [4.69, 9.17) is 5.73 Å². The number of primary amides is 1. The minimum atomic E-state index is -0.337. The van der Waals surface area contributed by atoms with Crippen molar-refractivity contribution in [3.8, 4) is 0 Å². The summed E-state index contributed by atoms with van der Waals surface area (Å²) in [6.45, 7) is 12.5. The third-order valence-electron chi connectivity index (χ3n) is 5.51. The Morgan fingerprint density at radius 1 is 1.18 bits per heavy atom. The number of hydrogen-bond acceptors (Lipinski definition) is 3. The molecular weight excluding hydrogens is 353 g/mol. The van der Waals surface area contributed by atoms with Gasteiger partial charge in [-0.25, -0.2) is 4.39 Å². The lowest BCUT2D eigenvalue weighted by atomic mass is 9.73. The minimum absolute atomic E-state index is 0.226. The van der Waals surface area contributed by atoms with E-state index >= 15 is 0 Å². The number of rotatable bonds is 3. The smallest absolute Gasteiger partial charge is 0.225 e. The van der Waals surface area contributed by atoms with E-state index in [9.17, 15) is 9.18 Å². The van der Waals surface area contributed by atoms with E-state index in [0.717, 1.165) is 46.7 Å². The molecule has 1 heterocycles. The molecule has 3 rings (SSSR count). The average molecular weight is 384 g/mol. The Balaban J connectivity index is 1.98. The van der Waals surface area contributed by atoms with Gasteiger partial charge in [-0.1, -0.05) is 26.8 Å². The second-order valence-corrected chi connectivity index (χ2v) is 8.84. The molecule has 1 amide bonds. The van der Waals surface area contributed by atoms with Gasteiger partial charge in [-0.15, -0.1) is 0 Å². The summed E-state index contributed by atoms with van der Waals surface area (Å²) in [7, 11) is 0. The highest BCUT2D eigenvalue weighted by Crippen LogP contribution is 2.39. The zero-order valence-electron chi connectivity index (χ0n) is 17.4. The molecule has 0 fully saturated rings. The zero-order valence-corrected chi connectivity index (χ0v) is 17.4. The Morgan fingerprint density at radius 3 is 2.39 bits per heavy atom. The summed E-state index contributed by atoms with van der Waals surface area (Å²) in [4.78, 5) is 14.5. The predicted octanol–water partition coefficient (Wildman–Crippen LogP) is 4.49. The highest BCUT2D eigenvalue weighted by atomic mass is 19.1. The molecule has 0 spiro atoms. The molecule has 5 heteroatoms. The van der Waals surface area contributed by atoms with Crippen molar-refractivity contribution in [1.29, 1.82) is 0 Å². The molecule has 2 aromatic rings. The van der Waals surface area contributed by atoms with Gasteiger partial charge in [0.1, 0.15) is 5.82 Å². The van der Waals surface area contributed by atoms with Gasteiger partial charge in [-0.05, 0) is 65.8 Å². The monoisotopic (exact) mass is 383 g/mol. The van der Waals surface area contributed by atoms with Crippen LogP contribution in [0.1, 0.15) is 48.9 Å². The number of aryl methyl sites for hydroxylation is 2. The van der Waals surface area contributed by atoms with Crippen LogP contribution in [0.4, 0.5) is 15.8 Å². The second kappa shape index (κ2) is 7.46. The van der Waals surface area contributed by atoms with E-state index in [1.54, 1.807) is 6.07 Å². The van der Waals surface area contributed by atoms with Gasteiger partial charge in [0, 0.05) is 31.0 Å². The molecule has 150 valence electrons. The quantitative estimate of drug-likeness (QED) is 0.821. The molecule has 0 radical (unpaired) electrons. The summed E-state index contributed by atoms with van der Waals surface area (Å²) < 4.78 is 13.5. The lowest BCUT2D eigenvalue weighted by molar-refractivity contribution is -0.121. The van der Waals surface area contributed by atoms with Crippen molar-refractivity contribution in [3.63, 3.8) is 0 Å². The summed E-state index contributed by atoms with van der Waals surface area (Å²) in [6, 6.07) is 9.17. The first-order chi connectivity index (χ1) is 13.1. The van der Waals surface area contributed by atoms with Gasteiger partial charge >= 0.3 is 0 Å². The van der Waals surface area contributed by atoms with E-state index in [2.05, 4.69) is 22.3 Å². The number of carbonyl (C=O) groups is 1. The largest absolute Gasteiger partial charge is 0.383 e. The Kier molecular flexibility index (Phi) is 5.37. The lowest BCUT2D eigenvalue weighted by Gasteiger charge is -2.32. The molecule has 1 aliphatic rings. The number of amides is 1. The van der Waals surface area contributed by atoms with Crippen LogP contribution in [0.2, 0.25) is 0 Å². The first-order valence-corrected chi connectivity index (χ1v) is 9.75. The van der Waals surface area contributed by atoms with Crippen LogP contribution >= 0.6 is 0 Å². The standard InChI is InChI=1S/C23H30FN3O/c1-14-10-18(11-15(2)20(14)21(22(25)28)23(3,4)5)27-9-8-26-19-12-17(24)7-6-16(19)13-27/h6-7,10-12,21,26H,8-9,13H2,1-5H3,(H2,25,28). The van der Waals surface area contributed by atoms with E-state index in [-0.39, 0.29) is 23.1 Å². The fraction of sp³-hybridized carbons (Fsp3) is 0.435. The number of nitrogens with zero attached hydrogens (tertiary/aromatic N) is 1. The Bertz CT molecular complexity index is 878. The summed E-state index contributed by atoms with van der Waals surface area (Å²) in [6.07, 6.45) is 0. The van der Waals surface area contributed by atoms with Crippen LogP contribution in [0, 0.1) is 25.1 Å². The number of hydrogen-bond donors (Lipinski definition) is 2. The Hall–Kier alpha value is -2.56. The molecule has 4 nitrogen and oxygen atoms in total. The molecule has 1 aliphatic heterocycles. The highest BCUT2D eigenvalue weighted by molar-refractivity contribution is 5.84. The van der Waals surface area contributed by atoms with Crippen molar-refractivity contribution in [1.82, 2.24) is 0 Å². The molecule has 28 heavy (non-hydrogen) atoms. The zero-order chi connectivity index (χ0) is 20.6. The maximum absolute atomic E-state index is 13.5. The molecular formula is C23H30FN3O. The number of carbonyl (C=O) groups excluding carboxylic acids is 1. The van der Waals surface area contributed by atoms with Gasteiger partial charge in [0.05, 0.1) is 5.92 Å². The molecule has 3 N–H and O–H groups in total. The predicted molar refractivity (Wildman–Crippen MR) is 113 cm³/mol. The second-order valence-electron chi connectivity index (χ2n) is 8.84. The van der Waals surface area contributed by atoms with Gasteiger partial charge in [-0.2, -0.15) is 0 Å².